The molecule has 21 heavy (non-hydrogen) atoms. The lowest BCUT2D eigenvalue weighted by atomic mass is 9.80. The van der Waals surface area contributed by atoms with Crippen molar-refractivity contribution in [3.8, 4) is 0 Å². The van der Waals surface area contributed by atoms with E-state index in [4.69, 9.17) is 5.41 Å². The van der Waals surface area contributed by atoms with Crippen LogP contribution in [0.15, 0.2) is 47.6 Å². The molecule has 3 rings (SSSR count). The lowest BCUT2D eigenvalue weighted by Gasteiger charge is -2.25. The Morgan fingerprint density at radius 3 is 2.43 bits per heavy atom. The molecule has 1 aromatic rings. The van der Waals surface area contributed by atoms with Crippen LogP contribution in [0.3, 0.4) is 0 Å². The van der Waals surface area contributed by atoms with Gasteiger partial charge in [0.05, 0.1) is 0 Å². The molecule has 2 aliphatic rings. The molecule has 1 saturated carbocycles. The van der Waals surface area contributed by atoms with Crippen LogP contribution in [0.1, 0.15) is 63.0 Å². The third-order valence-corrected chi connectivity index (χ3v) is 4.97. The zero-order valence-corrected chi connectivity index (χ0v) is 13.2. The van der Waals surface area contributed by atoms with Gasteiger partial charge in [-0.1, -0.05) is 66.8 Å². The van der Waals surface area contributed by atoms with Crippen molar-refractivity contribution in [2.45, 2.75) is 51.9 Å². The number of hydrogen-bond donors (Lipinski definition) is 1. The Bertz CT molecular complexity index is 600. The molecular weight excluding hydrogens is 254 g/mol. The predicted octanol–water partition coefficient (Wildman–Crippen LogP) is 5.62. The fourth-order valence-corrected chi connectivity index (χ4v) is 3.85. The van der Waals surface area contributed by atoms with Crippen molar-refractivity contribution in [1.29, 1.82) is 5.41 Å². The largest absolute Gasteiger partial charge is 0.304 e. The van der Waals surface area contributed by atoms with Gasteiger partial charge in [-0.25, -0.2) is 0 Å². The Morgan fingerprint density at radius 2 is 1.76 bits per heavy atom. The SMILES string of the molecule is CC1=CC(c2ccccc2C(=N)C2CCCCC2)C(C)=C1. The summed E-state index contributed by atoms with van der Waals surface area (Å²) < 4.78 is 0. The van der Waals surface area contributed by atoms with Crippen molar-refractivity contribution in [3.05, 3.63) is 58.7 Å². The van der Waals surface area contributed by atoms with E-state index in [-0.39, 0.29) is 0 Å². The molecule has 2 aliphatic carbocycles. The Balaban J connectivity index is 1.93. The van der Waals surface area contributed by atoms with Crippen LogP contribution >= 0.6 is 0 Å². The van der Waals surface area contributed by atoms with E-state index in [2.05, 4.69) is 50.3 Å². The molecule has 0 radical (unpaired) electrons. The van der Waals surface area contributed by atoms with Crippen molar-refractivity contribution < 1.29 is 0 Å². The molecule has 1 nitrogen and oxygen atoms in total. The number of allylic oxidation sites excluding steroid dienone is 4. The van der Waals surface area contributed by atoms with Crippen LogP contribution in [0, 0.1) is 11.3 Å². The van der Waals surface area contributed by atoms with E-state index in [0.29, 0.717) is 11.8 Å². The minimum Gasteiger partial charge on any atom is -0.304 e. The van der Waals surface area contributed by atoms with Crippen molar-refractivity contribution >= 4 is 5.71 Å². The topological polar surface area (TPSA) is 23.9 Å². The fourth-order valence-electron chi connectivity index (χ4n) is 3.85. The monoisotopic (exact) mass is 279 g/mol. The van der Waals surface area contributed by atoms with Crippen LogP contribution in [-0.2, 0) is 0 Å². The third-order valence-electron chi connectivity index (χ3n) is 4.97. The van der Waals surface area contributed by atoms with Crippen LogP contribution in [0.25, 0.3) is 0 Å². The number of rotatable bonds is 3. The second kappa shape index (κ2) is 6.01. The van der Waals surface area contributed by atoms with E-state index < -0.39 is 0 Å². The summed E-state index contributed by atoms with van der Waals surface area (Å²) in [6.07, 6.45) is 10.9. The summed E-state index contributed by atoms with van der Waals surface area (Å²) in [5.41, 5.74) is 6.11. The second-order valence-electron chi connectivity index (χ2n) is 6.61. The summed E-state index contributed by atoms with van der Waals surface area (Å²) in [7, 11) is 0. The summed E-state index contributed by atoms with van der Waals surface area (Å²) in [5.74, 6) is 0.834. The van der Waals surface area contributed by atoms with Crippen LogP contribution in [0.5, 0.6) is 0 Å². The van der Waals surface area contributed by atoms with Gasteiger partial charge in [0.25, 0.3) is 0 Å². The molecule has 0 amide bonds. The van der Waals surface area contributed by atoms with Crippen LogP contribution in [0.4, 0.5) is 0 Å². The maximum Gasteiger partial charge on any atom is 0.0420 e. The van der Waals surface area contributed by atoms with E-state index in [1.807, 2.05) is 0 Å². The summed E-state index contributed by atoms with van der Waals surface area (Å²) in [5, 5.41) is 8.70. The molecule has 1 unspecified atom stereocenters. The molecule has 0 saturated heterocycles. The lowest BCUT2D eigenvalue weighted by molar-refractivity contribution is 0.438. The molecule has 0 aromatic heterocycles. The molecule has 1 atom stereocenters. The summed E-state index contributed by atoms with van der Waals surface area (Å²) in [6, 6.07) is 8.56. The van der Waals surface area contributed by atoms with Crippen LogP contribution < -0.4 is 0 Å². The average Bonchev–Trinajstić information content (AvgIpc) is 2.86. The van der Waals surface area contributed by atoms with Gasteiger partial charge in [-0.2, -0.15) is 0 Å². The smallest absolute Gasteiger partial charge is 0.0420 e. The minimum atomic E-state index is 0.366. The molecule has 1 aromatic carbocycles. The molecule has 0 spiro atoms. The number of hydrogen-bond acceptors (Lipinski definition) is 1. The maximum atomic E-state index is 8.70. The predicted molar refractivity (Wildman–Crippen MR) is 90.1 cm³/mol. The standard InChI is InChI=1S/C20H25N/c1-14-12-15(2)19(13-14)17-10-6-7-11-18(17)20(21)16-8-4-3-5-9-16/h6-7,10-13,16,19,21H,3-5,8-9H2,1-2H3. The summed E-state index contributed by atoms with van der Waals surface area (Å²) in [4.78, 5) is 0. The van der Waals surface area contributed by atoms with Crippen LogP contribution in [-0.4, -0.2) is 5.71 Å². The highest BCUT2D eigenvalue weighted by Gasteiger charge is 2.24. The quantitative estimate of drug-likeness (QED) is 0.694. The Kier molecular flexibility index (Phi) is 4.10. The maximum absolute atomic E-state index is 8.70. The Labute approximate surface area is 128 Å². The minimum absolute atomic E-state index is 0.366. The van der Waals surface area contributed by atoms with Gasteiger partial charge >= 0.3 is 0 Å². The van der Waals surface area contributed by atoms with Gasteiger partial charge in [-0.15, -0.1) is 0 Å². The molecule has 1 heteroatoms. The van der Waals surface area contributed by atoms with Crippen molar-refractivity contribution in [1.82, 2.24) is 0 Å². The summed E-state index contributed by atoms with van der Waals surface area (Å²) in [6.45, 7) is 4.37. The molecular formula is C20H25N. The first kappa shape index (κ1) is 14.3. The van der Waals surface area contributed by atoms with Gasteiger partial charge in [0.2, 0.25) is 0 Å². The lowest BCUT2D eigenvalue weighted by Crippen LogP contribution is -2.20. The molecule has 1 fully saturated rings. The zero-order chi connectivity index (χ0) is 14.8. The van der Waals surface area contributed by atoms with E-state index in [0.717, 1.165) is 5.71 Å². The first-order chi connectivity index (χ1) is 10.2. The van der Waals surface area contributed by atoms with E-state index in [1.165, 1.54) is 54.4 Å². The van der Waals surface area contributed by atoms with E-state index >= 15 is 0 Å². The van der Waals surface area contributed by atoms with Gasteiger partial charge in [0.15, 0.2) is 0 Å². The van der Waals surface area contributed by atoms with Gasteiger partial charge in [0.1, 0.15) is 0 Å². The second-order valence-corrected chi connectivity index (χ2v) is 6.61. The third kappa shape index (κ3) is 2.88. The molecule has 1 N–H and O–H groups in total. The molecule has 110 valence electrons. The van der Waals surface area contributed by atoms with E-state index in [1.54, 1.807) is 0 Å². The molecule has 0 aliphatic heterocycles. The highest BCUT2D eigenvalue weighted by molar-refractivity contribution is 6.01. The Hall–Kier alpha value is -1.63. The average molecular weight is 279 g/mol. The van der Waals surface area contributed by atoms with Crippen molar-refractivity contribution in [3.63, 3.8) is 0 Å². The highest BCUT2D eigenvalue weighted by atomic mass is 14.5. The first-order valence-electron chi connectivity index (χ1n) is 8.21. The number of benzene rings is 1. The van der Waals surface area contributed by atoms with Gasteiger partial charge in [0, 0.05) is 17.5 Å². The van der Waals surface area contributed by atoms with Crippen molar-refractivity contribution in [2.75, 3.05) is 0 Å². The normalized spacial score (nSPS) is 22.9. The van der Waals surface area contributed by atoms with Gasteiger partial charge in [-0.05, 0) is 37.8 Å². The highest BCUT2D eigenvalue weighted by Crippen LogP contribution is 2.36. The summed E-state index contributed by atoms with van der Waals surface area (Å²) >= 11 is 0. The number of nitrogens with one attached hydrogen (secondary N) is 1. The van der Waals surface area contributed by atoms with Gasteiger partial charge < -0.3 is 5.41 Å². The first-order valence-corrected chi connectivity index (χ1v) is 8.21. The molecule has 0 bridgehead atoms. The fraction of sp³-hybridized carbons (Fsp3) is 0.450. The van der Waals surface area contributed by atoms with Crippen molar-refractivity contribution in [2.24, 2.45) is 5.92 Å². The Morgan fingerprint density at radius 1 is 1.05 bits per heavy atom. The van der Waals surface area contributed by atoms with Crippen LogP contribution in [0.2, 0.25) is 0 Å². The van der Waals surface area contributed by atoms with Gasteiger partial charge in [-0.3, -0.25) is 0 Å². The van der Waals surface area contributed by atoms with E-state index in [9.17, 15) is 0 Å². The zero-order valence-electron chi connectivity index (χ0n) is 13.2. The molecule has 0 heterocycles.